The van der Waals surface area contributed by atoms with E-state index in [1.807, 2.05) is 31.2 Å². The van der Waals surface area contributed by atoms with Crippen molar-refractivity contribution in [2.24, 2.45) is 0 Å². The van der Waals surface area contributed by atoms with Gasteiger partial charge in [-0.05, 0) is 31.2 Å². The van der Waals surface area contributed by atoms with Crippen LogP contribution in [0.25, 0.3) is 10.9 Å². The largest absolute Gasteiger partial charge is 0.478 e. The highest BCUT2D eigenvalue weighted by Gasteiger charge is 2.08. The number of aromatic nitrogens is 2. The molecular formula is C16H15N3O2. The van der Waals surface area contributed by atoms with Gasteiger partial charge in [0, 0.05) is 23.7 Å². The van der Waals surface area contributed by atoms with Crippen LogP contribution in [0.1, 0.15) is 6.92 Å². The number of nitrogens with two attached hydrogens (primary N) is 1. The third kappa shape index (κ3) is 2.72. The van der Waals surface area contributed by atoms with Crippen molar-refractivity contribution in [2.75, 3.05) is 12.3 Å². The Kier molecular flexibility index (Phi) is 3.55. The van der Waals surface area contributed by atoms with Crippen LogP contribution in [0.4, 0.5) is 5.69 Å². The number of ether oxygens (including phenoxy) is 2. The number of nitrogen functional groups attached to an aromatic ring is 1. The number of benzene rings is 1. The van der Waals surface area contributed by atoms with Gasteiger partial charge in [0.05, 0.1) is 17.8 Å². The fourth-order valence-corrected chi connectivity index (χ4v) is 2.05. The summed E-state index contributed by atoms with van der Waals surface area (Å²) < 4.78 is 11.2. The third-order valence-corrected chi connectivity index (χ3v) is 2.97. The van der Waals surface area contributed by atoms with E-state index in [1.54, 1.807) is 24.4 Å². The van der Waals surface area contributed by atoms with E-state index in [4.69, 9.17) is 15.2 Å². The van der Waals surface area contributed by atoms with Gasteiger partial charge in [0.25, 0.3) is 0 Å². The van der Waals surface area contributed by atoms with E-state index in [1.165, 1.54) is 0 Å². The molecule has 0 amide bonds. The van der Waals surface area contributed by atoms with E-state index < -0.39 is 0 Å². The van der Waals surface area contributed by atoms with E-state index in [0.717, 1.165) is 10.9 Å². The summed E-state index contributed by atoms with van der Waals surface area (Å²) in [5.41, 5.74) is 7.27. The summed E-state index contributed by atoms with van der Waals surface area (Å²) in [4.78, 5) is 8.57. The zero-order valence-corrected chi connectivity index (χ0v) is 11.6. The molecule has 1 aromatic carbocycles. The van der Waals surface area contributed by atoms with Gasteiger partial charge in [0.1, 0.15) is 5.75 Å². The Morgan fingerprint density at radius 1 is 1.05 bits per heavy atom. The van der Waals surface area contributed by atoms with E-state index in [-0.39, 0.29) is 0 Å². The molecule has 0 fully saturated rings. The fraction of sp³-hybridized carbons (Fsp3) is 0.125. The van der Waals surface area contributed by atoms with Gasteiger partial charge < -0.3 is 15.2 Å². The molecule has 106 valence electrons. The van der Waals surface area contributed by atoms with Crippen LogP contribution in [0.5, 0.6) is 17.5 Å². The third-order valence-electron chi connectivity index (χ3n) is 2.97. The SMILES string of the molecule is CCOc1cccc(Oc2ccc(N)c3ncccc23)n1. The predicted octanol–water partition coefficient (Wildman–Crippen LogP) is 3.40. The topological polar surface area (TPSA) is 70.3 Å². The highest BCUT2D eigenvalue weighted by atomic mass is 16.5. The van der Waals surface area contributed by atoms with E-state index in [2.05, 4.69) is 9.97 Å². The average Bonchev–Trinajstić information content (AvgIpc) is 2.51. The van der Waals surface area contributed by atoms with Crippen molar-refractivity contribution in [2.45, 2.75) is 6.92 Å². The molecule has 5 nitrogen and oxygen atoms in total. The molecule has 0 aliphatic carbocycles. The van der Waals surface area contributed by atoms with Crippen molar-refractivity contribution in [3.63, 3.8) is 0 Å². The Morgan fingerprint density at radius 3 is 2.76 bits per heavy atom. The lowest BCUT2D eigenvalue weighted by molar-refractivity contribution is 0.321. The molecule has 0 bridgehead atoms. The van der Waals surface area contributed by atoms with Gasteiger partial charge in [-0.25, -0.2) is 0 Å². The van der Waals surface area contributed by atoms with Gasteiger partial charge in [-0.15, -0.1) is 0 Å². The summed E-state index contributed by atoms with van der Waals surface area (Å²) in [6.45, 7) is 2.47. The smallest absolute Gasteiger partial charge is 0.222 e. The highest BCUT2D eigenvalue weighted by molar-refractivity contribution is 5.93. The Balaban J connectivity index is 1.98. The second-order valence-corrected chi connectivity index (χ2v) is 4.40. The quantitative estimate of drug-likeness (QED) is 0.742. The Hall–Kier alpha value is -2.82. The van der Waals surface area contributed by atoms with Crippen LogP contribution < -0.4 is 15.2 Å². The minimum atomic E-state index is 0.468. The van der Waals surface area contributed by atoms with Gasteiger partial charge in [0.15, 0.2) is 0 Å². The van der Waals surface area contributed by atoms with Gasteiger partial charge >= 0.3 is 0 Å². The zero-order chi connectivity index (χ0) is 14.7. The molecule has 0 atom stereocenters. The first kappa shape index (κ1) is 13.2. The molecule has 3 rings (SSSR count). The van der Waals surface area contributed by atoms with Crippen LogP contribution in [0.2, 0.25) is 0 Å². The molecule has 21 heavy (non-hydrogen) atoms. The van der Waals surface area contributed by atoms with Crippen molar-refractivity contribution < 1.29 is 9.47 Å². The predicted molar refractivity (Wildman–Crippen MR) is 81.6 cm³/mol. The summed E-state index contributed by atoms with van der Waals surface area (Å²) in [5.74, 6) is 1.66. The summed E-state index contributed by atoms with van der Waals surface area (Å²) in [5, 5.41) is 0.848. The van der Waals surface area contributed by atoms with E-state index in [0.29, 0.717) is 29.8 Å². The molecule has 0 radical (unpaired) electrons. The van der Waals surface area contributed by atoms with E-state index in [9.17, 15) is 0 Å². The first-order valence-electron chi connectivity index (χ1n) is 6.69. The van der Waals surface area contributed by atoms with Crippen LogP contribution in [0, 0.1) is 0 Å². The van der Waals surface area contributed by atoms with Gasteiger partial charge in [-0.1, -0.05) is 6.07 Å². The summed E-state index contributed by atoms with van der Waals surface area (Å²) in [7, 11) is 0. The lowest BCUT2D eigenvalue weighted by Gasteiger charge is -2.10. The maximum Gasteiger partial charge on any atom is 0.222 e. The number of rotatable bonds is 4. The number of nitrogens with zero attached hydrogens (tertiary/aromatic N) is 2. The van der Waals surface area contributed by atoms with Crippen molar-refractivity contribution in [3.05, 3.63) is 48.7 Å². The molecule has 0 saturated heterocycles. The summed E-state index contributed by atoms with van der Waals surface area (Å²) in [6, 6.07) is 12.8. The van der Waals surface area contributed by atoms with Crippen molar-refractivity contribution in [3.8, 4) is 17.5 Å². The molecule has 0 aliphatic rings. The molecule has 0 spiro atoms. The van der Waals surface area contributed by atoms with Crippen molar-refractivity contribution >= 4 is 16.6 Å². The molecule has 0 aliphatic heterocycles. The number of fused-ring (bicyclic) bond motifs is 1. The molecule has 2 heterocycles. The van der Waals surface area contributed by atoms with E-state index >= 15 is 0 Å². The number of hydrogen-bond donors (Lipinski definition) is 1. The molecule has 2 N–H and O–H groups in total. The standard InChI is InChI=1S/C16H15N3O2/c1-2-20-14-6-3-7-15(19-14)21-13-9-8-12(17)16-11(13)5-4-10-18-16/h3-10H,2,17H2,1H3. The monoisotopic (exact) mass is 281 g/mol. The zero-order valence-electron chi connectivity index (χ0n) is 11.6. The Morgan fingerprint density at radius 2 is 1.90 bits per heavy atom. The lowest BCUT2D eigenvalue weighted by atomic mass is 10.2. The summed E-state index contributed by atoms with van der Waals surface area (Å²) in [6.07, 6.45) is 1.70. The second kappa shape index (κ2) is 5.66. The number of anilines is 1. The minimum absolute atomic E-state index is 0.468. The Labute approximate surface area is 122 Å². The van der Waals surface area contributed by atoms with Gasteiger partial charge in [0.2, 0.25) is 11.8 Å². The van der Waals surface area contributed by atoms with Crippen LogP contribution in [-0.4, -0.2) is 16.6 Å². The molecule has 5 heteroatoms. The van der Waals surface area contributed by atoms with Crippen LogP contribution in [0.15, 0.2) is 48.7 Å². The lowest BCUT2D eigenvalue weighted by Crippen LogP contribution is -1.96. The molecule has 0 saturated carbocycles. The van der Waals surface area contributed by atoms with Gasteiger partial charge in [-0.3, -0.25) is 4.98 Å². The molecule has 3 aromatic rings. The number of pyridine rings is 2. The van der Waals surface area contributed by atoms with Gasteiger partial charge in [-0.2, -0.15) is 4.98 Å². The highest BCUT2D eigenvalue weighted by Crippen LogP contribution is 2.31. The average molecular weight is 281 g/mol. The molecule has 0 unspecified atom stereocenters. The maximum absolute atomic E-state index is 5.93. The molecular weight excluding hydrogens is 266 g/mol. The van der Waals surface area contributed by atoms with Crippen LogP contribution in [-0.2, 0) is 0 Å². The van der Waals surface area contributed by atoms with Crippen molar-refractivity contribution in [1.82, 2.24) is 9.97 Å². The maximum atomic E-state index is 5.93. The van der Waals surface area contributed by atoms with Crippen LogP contribution >= 0.6 is 0 Å². The normalized spacial score (nSPS) is 10.5. The Bertz CT molecular complexity index is 774. The second-order valence-electron chi connectivity index (χ2n) is 4.40. The first-order valence-corrected chi connectivity index (χ1v) is 6.69. The fourth-order valence-electron chi connectivity index (χ4n) is 2.05. The first-order chi connectivity index (χ1) is 10.3. The van der Waals surface area contributed by atoms with Crippen molar-refractivity contribution in [1.29, 1.82) is 0 Å². The minimum Gasteiger partial charge on any atom is -0.478 e. The molecule has 2 aromatic heterocycles. The number of hydrogen-bond acceptors (Lipinski definition) is 5. The van der Waals surface area contributed by atoms with Crippen LogP contribution in [0.3, 0.4) is 0 Å². The summed E-state index contributed by atoms with van der Waals surface area (Å²) >= 11 is 0.